The van der Waals surface area contributed by atoms with Crippen LogP contribution >= 0.6 is 0 Å². The molecule has 2 N–H and O–H groups in total. The second-order valence-electron chi connectivity index (χ2n) is 6.73. The van der Waals surface area contributed by atoms with Crippen molar-refractivity contribution in [2.45, 2.75) is 71.3 Å². The van der Waals surface area contributed by atoms with Crippen molar-refractivity contribution in [3.8, 4) is 0 Å². The van der Waals surface area contributed by atoms with E-state index in [-0.39, 0.29) is 5.54 Å². The van der Waals surface area contributed by atoms with Crippen LogP contribution in [0.15, 0.2) is 0 Å². The summed E-state index contributed by atoms with van der Waals surface area (Å²) in [5.74, 6) is 3.30. The van der Waals surface area contributed by atoms with Crippen LogP contribution in [0.1, 0.15) is 65.7 Å². The zero-order valence-corrected chi connectivity index (χ0v) is 11.3. The molecule has 94 valence electrons. The molecule has 0 aliphatic heterocycles. The molecular formula is C15H29N. The van der Waals surface area contributed by atoms with Crippen LogP contribution in [0.2, 0.25) is 0 Å². The Morgan fingerprint density at radius 2 is 1.56 bits per heavy atom. The fourth-order valence-corrected chi connectivity index (χ4v) is 4.11. The van der Waals surface area contributed by atoms with Crippen molar-refractivity contribution in [2.24, 2.45) is 29.4 Å². The summed E-state index contributed by atoms with van der Waals surface area (Å²) in [6.45, 7) is 7.20. The summed E-state index contributed by atoms with van der Waals surface area (Å²) >= 11 is 0. The smallest absolute Gasteiger partial charge is 0.0211 e. The third-order valence-corrected chi connectivity index (χ3v) is 5.75. The molecule has 16 heavy (non-hydrogen) atoms. The lowest BCUT2D eigenvalue weighted by Crippen LogP contribution is -2.56. The van der Waals surface area contributed by atoms with E-state index < -0.39 is 0 Å². The van der Waals surface area contributed by atoms with Gasteiger partial charge in [-0.15, -0.1) is 0 Å². The van der Waals surface area contributed by atoms with Gasteiger partial charge in [-0.05, 0) is 42.9 Å². The van der Waals surface area contributed by atoms with Crippen molar-refractivity contribution in [3.63, 3.8) is 0 Å². The zero-order valence-electron chi connectivity index (χ0n) is 11.3. The van der Waals surface area contributed by atoms with E-state index in [2.05, 4.69) is 20.8 Å². The molecule has 0 spiro atoms. The minimum atomic E-state index is 0.164. The van der Waals surface area contributed by atoms with Crippen molar-refractivity contribution in [3.05, 3.63) is 0 Å². The van der Waals surface area contributed by atoms with Crippen LogP contribution < -0.4 is 5.73 Å². The first-order valence-electron chi connectivity index (χ1n) is 7.33. The van der Waals surface area contributed by atoms with E-state index in [1.54, 1.807) is 0 Å². The molecule has 0 amide bonds. The Balaban J connectivity index is 2.05. The molecule has 3 atom stereocenters. The van der Waals surface area contributed by atoms with Gasteiger partial charge >= 0.3 is 0 Å². The van der Waals surface area contributed by atoms with E-state index in [9.17, 15) is 0 Å². The normalized spacial score (nSPS) is 50.2. The Labute approximate surface area is 101 Å². The molecule has 2 aliphatic carbocycles. The van der Waals surface area contributed by atoms with Gasteiger partial charge in [0.15, 0.2) is 0 Å². The third kappa shape index (κ3) is 2.16. The zero-order chi connectivity index (χ0) is 11.8. The maximum absolute atomic E-state index is 6.81. The Bertz CT molecular complexity index is 230. The maximum Gasteiger partial charge on any atom is 0.0211 e. The summed E-state index contributed by atoms with van der Waals surface area (Å²) in [5, 5.41) is 0. The summed E-state index contributed by atoms with van der Waals surface area (Å²) in [4.78, 5) is 0. The Morgan fingerprint density at radius 1 is 0.938 bits per heavy atom. The lowest BCUT2D eigenvalue weighted by molar-refractivity contribution is 0.0572. The van der Waals surface area contributed by atoms with Gasteiger partial charge in [0.1, 0.15) is 0 Å². The van der Waals surface area contributed by atoms with Crippen molar-refractivity contribution in [1.29, 1.82) is 0 Å². The van der Waals surface area contributed by atoms with Gasteiger partial charge in [0, 0.05) is 5.54 Å². The largest absolute Gasteiger partial charge is 0.325 e. The summed E-state index contributed by atoms with van der Waals surface area (Å²) < 4.78 is 0. The van der Waals surface area contributed by atoms with Gasteiger partial charge in [0.05, 0.1) is 0 Å². The average molecular weight is 223 g/mol. The predicted octanol–water partition coefficient (Wildman–Crippen LogP) is 3.97. The minimum Gasteiger partial charge on any atom is -0.325 e. The fraction of sp³-hybridized carbons (Fsp3) is 1.00. The van der Waals surface area contributed by atoms with E-state index in [4.69, 9.17) is 5.73 Å². The lowest BCUT2D eigenvalue weighted by Gasteiger charge is -2.50. The number of rotatable bonds is 1. The molecule has 2 aliphatic rings. The van der Waals surface area contributed by atoms with E-state index in [0.717, 1.165) is 23.7 Å². The molecule has 0 aromatic carbocycles. The van der Waals surface area contributed by atoms with Crippen LogP contribution in [0.5, 0.6) is 0 Å². The second kappa shape index (κ2) is 4.68. The second-order valence-corrected chi connectivity index (χ2v) is 6.73. The maximum atomic E-state index is 6.81. The number of hydrogen-bond donors (Lipinski definition) is 1. The van der Waals surface area contributed by atoms with Crippen LogP contribution in [-0.2, 0) is 0 Å². The highest BCUT2D eigenvalue weighted by atomic mass is 14.8. The van der Waals surface area contributed by atoms with Crippen molar-refractivity contribution in [2.75, 3.05) is 0 Å². The highest BCUT2D eigenvalue weighted by molar-refractivity contribution is 5.00. The molecular weight excluding hydrogens is 194 g/mol. The van der Waals surface area contributed by atoms with Gasteiger partial charge < -0.3 is 5.73 Å². The van der Waals surface area contributed by atoms with Crippen molar-refractivity contribution in [1.82, 2.24) is 0 Å². The van der Waals surface area contributed by atoms with Gasteiger partial charge in [-0.1, -0.05) is 46.5 Å². The number of nitrogens with two attached hydrogens (primary N) is 1. The van der Waals surface area contributed by atoms with Gasteiger partial charge in [-0.2, -0.15) is 0 Å². The molecule has 0 heterocycles. The van der Waals surface area contributed by atoms with Gasteiger partial charge in [-0.25, -0.2) is 0 Å². The summed E-state index contributed by atoms with van der Waals surface area (Å²) in [5.41, 5.74) is 6.98. The molecule has 1 heteroatoms. The van der Waals surface area contributed by atoms with E-state index in [0.29, 0.717) is 0 Å². The minimum absolute atomic E-state index is 0.164. The van der Waals surface area contributed by atoms with Crippen LogP contribution in [0, 0.1) is 23.7 Å². The lowest BCUT2D eigenvalue weighted by atomic mass is 9.59. The third-order valence-electron chi connectivity index (χ3n) is 5.75. The van der Waals surface area contributed by atoms with Crippen molar-refractivity contribution < 1.29 is 0 Å². The molecule has 2 rings (SSSR count). The highest BCUT2D eigenvalue weighted by Crippen LogP contribution is 2.45. The first-order valence-corrected chi connectivity index (χ1v) is 7.33. The van der Waals surface area contributed by atoms with Gasteiger partial charge in [-0.3, -0.25) is 0 Å². The summed E-state index contributed by atoms with van der Waals surface area (Å²) in [7, 11) is 0. The highest BCUT2D eigenvalue weighted by Gasteiger charge is 2.44. The SMILES string of the molecule is CC1CCC(C2(N)CCCC(C)C2C)CC1. The van der Waals surface area contributed by atoms with Crippen LogP contribution in [0.3, 0.4) is 0 Å². The standard InChI is InChI=1S/C15H29N/c1-11-6-8-14(9-7-11)15(16)10-4-5-12(2)13(15)3/h11-14H,4-10,16H2,1-3H3. The molecule has 1 nitrogen and oxygen atoms in total. The summed E-state index contributed by atoms with van der Waals surface area (Å²) in [6.07, 6.45) is 9.60. The van der Waals surface area contributed by atoms with Crippen LogP contribution in [-0.4, -0.2) is 5.54 Å². The Morgan fingerprint density at radius 3 is 2.19 bits per heavy atom. The average Bonchev–Trinajstić information content (AvgIpc) is 2.27. The molecule has 2 fully saturated rings. The van der Waals surface area contributed by atoms with Crippen LogP contribution in [0.4, 0.5) is 0 Å². The van der Waals surface area contributed by atoms with Crippen LogP contribution in [0.25, 0.3) is 0 Å². The first-order chi connectivity index (χ1) is 7.54. The molecule has 0 saturated heterocycles. The molecule has 0 aromatic rings. The quantitative estimate of drug-likeness (QED) is 0.715. The molecule has 0 aromatic heterocycles. The van der Waals surface area contributed by atoms with E-state index in [1.165, 1.54) is 44.9 Å². The van der Waals surface area contributed by atoms with E-state index >= 15 is 0 Å². The molecule has 3 unspecified atom stereocenters. The van der Waals surface area contributed by atoms with Gasteiger partial charge in [0.25, 0.3) is 0 Å². The predicted molar refractivity (Wildman–Crippen MR) is 70.2 cm³/mol. The Kier molecular flexibility index (Phi) is 3.63. The van der Waals surface area contributed by atoms with Crippen molar-refractivity contribution >= 4 is 0 Å². The van der Waals surface area contributed by atoms with Gasteiger partial charge in [0.2, 0.25) is 0 Å². The first kappa shape index (κ1) is 12.4. The molecule has 0 radical (unpaired) electrons. The van der Waals surface area contributed by atoms with E-state index in [1.807, 2.05) is 0 Å². The molecule has 0 bridgehead atoms. The molecule has 2 saturated carbocycles. The number of hydrogen-bond acceptors (Lipinski definition) is 1. The topological polar surface area (TPSA) is 26.0 Å². The monoisotopic (exact) mass is 223 g/mol. The Hall–Kier alpha value is -0.0400. The summed E-state index contributed by atoms with van der Waals surface area (Å²) in [6, 6.07) is 0. The fourth-order valence-electron chi connectivity index (χ4n) is 4.11.